The van der Waals surface area contributed by atoms with E-state index in [4.69, 9.17) is 9.72 Å². The van der Waals surface area contributed by atoms with Crippen LogP contribution >= 0.6 is 0 Å². The molecule has 0 fully saturated rings. The smallest absolute Gasteiger partial charge is 0.135 e. The second-order valence-corrected chi connectivity index (χ2v) is 24.6. The summed E-state index contributed by atoms with van der Waals surface area (Å²) in [4.78, 5) is 9.61. The van der Waals surface area contributed by atoms with E-state index in [0.29, 0.717) is 11.5 Å². The fourth-order valence-electron chi connectivity index (χ4n) is 15.4. The van der Waals surface area contributed by atoms with Crippen molar-refractivity contribution < 1.29 is 25.8 Å². The summed E-state index contributed by atoms with van der Waals surface area (Å²) in [5.41, 5.74) is 28.9. The van der Waals surface area contributed by atoms with Gasteiger partial charge in [0.25, 0.3) is 0 Å². The van der Waals surface area contributed by atoms with Gasteiger partial charge >= 0.3 is 0 Å². The molecule has 1 aliphatic heterocycles. The number of pyridine rings is 1. The van der Waals surface area contributed by atoms with Crippen LogP contribution in [0.2, 0.25) is 0 Å². The van der Waals surface area contributed by atoms with Crippen LogP contribution in [0.4, 0.5) is 22.7 Å². The molecule has 6 aliphatic carbocycles. The molecule has 0 amide bonds. The number of nitrogens with zero attached hydrogens (tertiary/aromatic N) is 4. The Hall–Kier alpha value is -9.54. The molecule has 0 N–H and O–H groups in total. The number of aromatic nitrogens is 2. The molecule has 11 aromatic carbocycles. The van der Waals surface area contributed by atoms with Gasteiger partial charge in [0, 0.05) is 96.1 Å². The minimum absolute atomic E-state index is 0. The van der Waals surface area contributed by atoms with Crippen molar-refractivity contribution in [2.24, 2.45) is 0 Å². The van der Waals surface area contributed by atoms with Crippen molar-refractivity contribution in [3.8, 4) is 39.6 Å². The number of fused-ring (bicyclic) bond motifs is 4. The van der Waals surface area contributed by atoms with Crippen molar-refractivity contribution in [3.05, 3.63) is 340 Å². The third-order valence-electron chi connectivity index (χ3n) is 19.1. The summed E-state index contributed by atoms with van der Waals surface area (Å²) in [6.45, 7) is 8.97. The third kappa shape index (κ3) is 7.50. The maximum atomic E-state index is 6.83. The van der Waals surface area contributed by atoms with Crippen molar-refractivity contribution >= 4 is 44.6 Å². The zero-order valence-electron chi connectivity index (χ0n) is 47.6. The van der Waals surface area contributed by atoms with Crippen molar-refractivity contribution in [1.82, 2.24) is 9.55 Å². The molecule has 20 rings (SSSR count). The van der Waals surface area contributed by atoms with E-state index in [2.05, 4.69) is 284 Å². The van der Waals surface area contributed by atoms with Gasteiger partial charge in [0.2, 0.25) is 0 Å². The molecule has 2 aromatic heterocycles. The van der Waals surface area contributed by atoms with Crippen molar-refractivity contribution in [2.75, 3.05) is 9.80 Å². The predicted molar refractivity (Wildman–Crippen MR) is 343 cm³/mol. The third-order valence-corrected chi connectivity index (χ3v) is 19.1. The van der Waals surface area contributed by atoms with Crippen LogP contribution in [-0.2, 0) is 26.5 Å². The van der Waals surface area contributed by atoms with Gasteiger partial charge in [-0.3, -0.25) is 0 Å². The van der Waals surface area contributed by atoms with E-state index in [1.807, 2.05) is 18.3 Å². The average molecular weight is 1280 g/mol. The average Bonchev–Trinajstić information content (AvgIpc) is 1.01. The second-order valence-electron chi connectivity index (χ2n) is 24.6. The zero-order chi connectivity index (χ0) is 56.2. The second kappa shape index (κ2) is 19.2. The molecule has 0 unspecified atom stereocenters. The Morgan fingerprint density at radius 1 is 0.419 bits per heavy atom. The molecule has 7 aliphatic rings. The molecule has 3 heterocycles. The molecular formula is C80H55N4OPt-3. The van der Waals surface area contributed by atoms with Crippen LogP contribution in [-0.4, -0.2) is 9.55 Å². The minimum atomic E-state index is -0.0438. The first-order valence-electron chi connectivity index (χ1n) is 29.7. The Bertz CT molecular complexity index is 4710. The SMILES string of the molecule is CC(C)(C)c1ccnc(-n2c3[c-]c(Oc4[c-]c(N5[CH-]N(c6c(-c7ccc8c(c7)C7c9ccccc9C8c8ccccc87)cccc6-c6ccc7c(c6)C6c8ccccc8C7c7ccccc76)c6ccccc65)ccc4)ccc3c3ccccc32)c1.[Pt]. The maximum Gasteiger partial charge on any atom is 0.135 e. The van der Waals surface area contributed by atoms with Crippen molar-refractivity contribution in [2.45, 2.75) is 49.9 Å². The summed E-state index contributed by atoms with van der Waals surface area (Å²) < 4.78 is 9.04. The summed E-state index contributed by atoms with van der Waals surface area (Å²) in [5.74, 6) is 2.71. The Morgan fingerprint density at radius 3 is 1.45 bits per heavy atom. The molecule has 0 radical (unpaired) electrons. The van der Waals surface area contributed by atoms with Gasteiger partial charge in [0.15, 0.2) is 0 Å². The number of anilines is 4. The van der Waals surface area contributed by atoms with Crippen LogP contribution in [0.25, 0.3) is 49.9 Å². The first-order chi connectivity index (χ1) is 41.8. The molecule has 5 nitrogen and oxygen atoms in total. The monoisotopic (exact) mass is 1280 g/mol. The maximum absolute atomic E-state index is 6.83. The topological polar surface area (TPSA) is 33.5 Å². The molecule has 0 saturated carbocycles. The molecule has 0 atom stereocenters. The van der Waals surface area contributed by atoms with E-state index < -0.39 is 0 Å². The van der Waals surface area contributed by atoms with Gasteiger partial charge in [-0.05, 0) is 137 Å². The minimum Gasteiger partial charge on any atom is -0.509 e. The van der Waals surface area contributed by atoms with E-state index in [9.17, 15) is 0 Å². The number of benzene rings is 11. The molecule has 86 heavy (non-hydrogen) atoms. The molecular weight excluding hydrogens is 1230 g/mol. The number of rotatable bonds is 7. The van der Waals surface area contributed by atoms with Gasteiger partial charge in [-0.1, -0.05) is 196 Å². The summed E-state index contributed by atoms with van der Waals surface area (Å²) in [5, 5.41) is 2.22. The van der Waals surface area contributed by atoms with Gasteiger partial charge < -0.3 is 19.1 Å². The summed E-state index contributed by atoms with van der Waals surface area (Å²) >= 11 is 0. The summed E-state index contributed by atoms with van der Waals surface area (Å²) in [7, 11) is 0. The van der Waals surface area contributed by atoms with Crippen LogP contribution in [0.15, 0.2) is 249 Å². The predicted octanol–water partition coefficient (Wildman–Crippen LogP) is 19.6. The van der Waals surface area contributed by atoms with Gasteiger partial charge in [-0.25, -0.2) is 4.98 Å². The van der Waals surface area contributed by atoms with Crippen LogP contribution in [0.3, 0.4) is 0 Å². The van der Waals surface area contributed by atoms with Crippen molar-refractivity contribution in [3.63, 3.8) is 0 Å². The van der Waals surface area contributed by atoms with Gasteiger partial charge in [-0.2, -0.15) is 12.1 Å². The van der Waals surface area contributed by atoms with Gasteiger partial charge in [0.1, 0.15) is 5.82 Å². The molecule has 414 valence electrons. The number of hydrogen-bond acceptors (Lipinski definition) is 4. The first-order valence-corrected chi connectivity index (χ1v) is 29.7. The molecule has 4 bridgehead atoms. The Kier molecular flexibility index (Phi) is 11.4. The van der Waals surface area contributed by atoms with Crippen LogP contribution in [0, 0.1) is 18.8 Å². The fourth-order valence-corrected chi connectivity index (χ4v) is 15.4. The van der Waals surface area contributed by atoms with E-state index >= 15 is 0 Å². The number of ether oxygens (including phenoxy) is 1. The van der Waals surface area contributed by atoms with E-state index in [0.717, 1.165) is 61.5 Å². The Labute approximate surface area is 515 Å². The van der Waals surface area contributed by atoms with Crippen LogP contribution in [0.1, 0.15) is 117 Å². The van der Waals surface area contributed by atoms with E-state index in [-0.39, 0.29) is 50.2 Å². The summed E-state index contributed by atoms with van der Waals surface area (Å²) in [6.07, 6.45) is 1.91. The van der Waals surface area contributed by atoms with Crippen molar-refractivity contribution in [1.29, 1.82) is 0 Å². The Balaban J connectivity index is 0.00000578. The molecule has 0 spiro atoms. The quantitative estimate of drug-likeness (QED) is 0.149. The largest absolute Gasteiger partial charge is 0.509 e. The first kappa shape index (κ1) is 50.9. The van der Waals surface area contributed by atoms with Gasteiger partial charge in [-0.15, -0.1) is 48.1 Å². The van der Waals surface area contributed by atoms with Gasteiger partial charge in [0.05, 0.1) is 0 Å². The molecule has 13 aromatic rings. The normalized spacial score (nSPS) is 17.1. The Morgan fingerprint density at radius 2 is 0.895 bits per heavy atom. The number of para-hydroxylation sites is 4. The van der Waals surface area contributed by atoms with E-state index in [1.165, 1.54) is 83.5 Å². The van der Waals surface area contributed by atoms with Crippen LogP contribution in [0.5, 0.6) is 11.5 Å². The molecule has 0 saturated heterocycles. The van der Waals surface area contributed by atoms with Crippen LogP contribution < -0.4 is 14.5 Å². The number of hydrogen-bond donors (Lipinski definition) is 0. The standard InChI is InChI=1S/C80H55N4O.Pt/c1-80(2,3)50-40-41-81-74(44-50)84-70-31-13-12-20-56(70)57-39-36-53(46-73(57)84)85-52-19-16-18-51(45-52)82-47-83(72-33-15-14-32-71(72)82)79-54(48-34-37-66-68(42-48)77-62-25-8-4-21-58(62)75(66)59-22-5-9-26-63(59)77)29-17-30-55(79)49-35-38-67-69(43-49)78-64-27-10-6-23-60(64)76(67)61-24-7-11-28-65(61)78;/h4-44,47,75-78H,1-3H3;/q-3;. The summed E-state index contributed by atoms with van der Waals surface area (Å²) in [6, 6.07) is 97.4. The fraction of sp³-hybridized carbons (Fsp3) is 0.100. The zero-order valence-corrected chi connectivity index (χ0v) is 49.8. The molecule has 6 heteroatoms. The van der Waals surface area contributed by atoms with E-state index in [1.54, 1.807) is 0 Å².